The largest absolute Gasteiger partial charge is 0.497 e. The summed E-state index contributed by atoms with van der Waals surface area (Å²) < 4.78 is 56.9. The highest BCUT2D eigenvalue weighted by molar-refractivity contribution is 7.92. The highest BCUT2D eigenvalue weighted by atomic mass is 32.2. The maximum Gasteiger partial charge on any atom is 0.265 e. The molecule has 47 heavy (non-hydrogen) atoms. The van der Waals surface area contributed by atoms with Gasteiger partial charge in [0.05, 0.1) is 46.1 Å². The maximum absolute atomic E-state index is 14.5. The maximum atomic E-state index is 14.5. The Bertz CT molecular complexity index is 1630. The van der Waals surface area contributed by atoms with Crippen molar-refractivity contribution in [1.82, 2.24) is 10.2 Å². The van der Waals surface area contributed by atoms with Crippen molar-refractivity contribution >= 4 is 27.5 Å². The molecule has 12 nitrogen and oxygen atoms in total. The third-order valence-corrected chi connectivity index (χ3v) is 9.19. The summed E-state index contributed by atoms with van der Waals surface area (Å²) >= 11 is 0. The fourth-order valence-corrected chi connectivity index (χ4v) is 6.35. The minimum absolute atomic E-state index is 0.0170. The Balaban J connectivity index is 2.19. The molecular formula is C34H45N3O9S. The van der Waals surface area contributed by atoms with Crippen molar-refractivity contribution < 1.29 is 41.7 Å². The molecule has 0 saturated heterocycles. The van der Waals surface area contributed by atoms with E-state index in [1.807, 2.05) is 19.9 Å². The molecule has 13 heteroatoms. The Morgan fingerprint density at radius 3 is 2.02 bits per heavy atom. The number of nitrogens with one attached hydrogen (secondary N) is 1. The first-order valence-electron chi connectivity index (χ1n) is 15.1. The molecule has 0 aromatic heterocycles. The zero-order chi connectivity index (χ0) is 34.7. The molecule has 1 atom stereocenters. The average molecular weight is 672 g/mol. The lowest BCUT2D eigenvalue weighted by molar-refractivity contribution is -0.140. The quantitative estimate of drug-likeness (QED) is 0.220. The van der Waals surface area contributed by atoms with Crippen LogP contribution < -0.4 is 33.3 Å². The van der Waals surface area contributed by atoms with Crippen LogP contribution in [0.15, 0.2) is 65.6 Å². The lowest BCUT2D eigenvalue weighted by Gasteiger charge is -2.33. The van der Waals surface area contributed by atoms with Gasteiger partial charge in [0.25, 0.3) is 10.0 Å². The van der Waals surface area contributed by atoms with Crippen molar-refractivity contribution in [2.45, 2.75) is 44.7 Å². The molecule has 256 valence electrons. The molecule has 0 bridgehead atoms. The molecule has 2 amide bonds. The van der Waals surface area contributed by atoms with Crippen molar-refractivity contribution in [1.29, 1.82) is 0 Å². The van der Waals surface area contributed by atoms with E-state index in [2.05, 4.69) is 5.32 Å². The number of hydrogen-bond acceptors (Lipinski definition) is 9. The van der Waals surface area contributed by atoms with Crippen LogP contribution in [0.3, 0.4) is 0 Å². The Morgan fingerprint density at radius 1 is 0.787 bits per heavy atom. The smallest absolute Gasteiger partial charge is 0.265 e. The molecule has 0 fully saturated rings. The van der Waals surface area contributed by atoms with Crippen molar-refractivity contribution in [2.75, 3.05) is 52.9 Å². The van der Waals surface area contributed by atoms with Crippen molar-refractivity contribution in [3.8, 4) is 28.7 Å². The fourth-order valence-electron chi connectivity index (χ4n) is 4.92. The average Bonchev–Trinajstić information content (AvgIpc) is 3.08. The van der Waals surface area contributed by atoms with Crippen molar-refractivity contribution in [2.24, 2.45) is 5.92 Å². The number of hydrogen-bond donors (Lipinski definition) is 1. The summed E-state index contributed by atoms with van der Waals surface area (Å²) in [6.45, 7) is 5.50. The SMILES string of the molecule is CC[C@H](C(=O)NCC(C)C)N(Cc1cccc(OC)c1)C(=O)CN(c1cc(OC)ccc1OC)S(=O)(=O)c1ccc(OC)c(OC)c1. The summed E-state index contributed by atoms with van der Waals surface area (Å²) in [5, 5.41) is 2.92. The zero-order valence-electron chi connectivity index (χ0n) is 28.2. The molecular weight excluding hydrogens is 626 g/mol. The van der Waals surface area contributed by atoms with Gasteiger partial charge in [0.1, 0.15) is 29.8 Å². The highest BCUT2D eigenvalue weighted by Gasteiger charge is 2.35. The molecule has 0 spiro atoms. The number of benzene rings is 3. The highest BCUT2D eigenvalue weighted by Crippen LogP contribution is 2.38. The molecule has 0 aliphatic heterocycles. The second-order valence-corrected chi connectivity index (χ2v) is 12.9. The molecule has 1 N–H and O–H groups in total. The molecule has 0 unspecified atom stereocenters. The van der Waals surface area contributed by atoms with E-state index >= 15 is 0 Å². The summed E-state index contributed by atoms with van der Waals surface area (Å²) in [5.74, 6) is 0.838. The van der Waals surface area contributed by atoms with E-state index < -0.39 is 28.5 Å². The first-order chi connectivity index (χ1) is 22.4. The van der Waals surface area contributed by atoms with E-state index in [4.69, 9.17) is 23.7 Å². The van der Waals surface area contributed by atoms with Crippen molar-refractivity contribution in [3.05, 3.63) is 66.2 Å². The molecule has 0 heterocycles. The number of amides is 2. The Morgan fingerprint density at radius 2 is 1.43 bits per heavy atom. The second-order valence-electron chi connectivity index (χ2n) is 11.0. The number of rotatable bonds is 17. The fraction of sp³-hybridized carbons (Fsp3) is 0.412. The van der Waals surface area contributed by atoms with Crippen LogP contribution in [0.4, 0.5) is 5.69 Å². The van der Waals surface area contributed by atoms with Gasteiger partial charge in [-0.25, -0.2) is 8.42 Å². The molecule has 0 aliphatic carbocycles. The third-order valence-electron chi connectivity index (χ3n) is 7.43. The van der Waals surface area contributed by atoms with E-state index in [1.165, 1.54) is 64.7 Å². The monoisotopic (exact) mass is 671 g/mol. The van der Waals surface area contributed by atoms with E-state index in [9.17, 15) is 18.0 Å². The normalized spacial score (nSPS) is 11.8. The first kappa shape index (κ1) is 36.8. The van der Waals surface area contributed by atoms with Gasteiger partial charge in [-0.3, -0.25) is 13.9 Å². The van der Waals surface area contributed by atoms with Gasteiger partial charge in [-0.15, -0.1) is 0 Å². The standard InChI is InChI=1S/C34H45N3O9S/c1-9-28(34(39)35-20-23(2)3)36(21-24-11-10-12-25(17-24)42-4)33(38)22-37(29-18-26(43-5)13-15-30(29)44-6)47(40,41)27-14-16-31(45-7)32(19-27)46-8/h10-19,23,28H,9,20-22H2,1-8H3,(H,35,39)/t28-/m1/s1. The van der Waals surface area contributed by atoms with Gasteiger partial charge >= 0.3 is 0 Å². The van der Waals surface area contributed by atoms with Crippen molar-refractivity contribution in [3.63, 3.8) is 0 Å². The van der Waals surface area contributed by atoms with E-state index in [-0.39, 0.29) is 46.9 Å². The van der Waals surface area contributed by atoms with Crippen LogP contribution in [0.5, 0.6) is 28.7 Å². The van der Waals surface area contributed by atoms with E-state index in [0.29, 0.717) is 29.4 Å². The van der Waals surface area contributed by atoms with E-state index in [1.54, 1.807) is 37.3 Å². The summed E-state index contributed by atoms with van der Waals surface area (Å²) in [6, 6.07) is 15.0. The van der Waals surface area contributed by atoms with Crippen LogP contribution in [0, 0.1) is 5.92 Å². The summed E-state index contributed by atoms with van der Waals surface area (Å²) in [4.78, 5) is 29.2. The number of anilines is 1. The van der Waals surface area contributed by atoms with Gasteiger partial charge < -0.3 is 33.9 Å². The first-order valence-corrected chi connectivity index (χ1v) is 16.5. The Kier molecular flexibility index (Phi) is 13.1. The molecule has 3 aromatic carbocycles. The van der Waals surface area contributed by atoms with Gasteiger partial charge in [-0.05, 0) is 54.3 Å². The van der Waals surface area contributed by atoms with Gasteiger partial charge in [0, 0.05) is 25.2 Å². The zero-order valence-corrected chi connectivity index (χ0v) is 29.1. The molecule has 0 aliphatic rings. The molecule has 0 saturated carbocycles. The van der Waals surface area contributed by atoms with Crippen LogP contribution in [0.25, 0.3) is 0 Å². The van der Waals surface area contributed by atoms with Crippen LogP contribution in [-0.4, -0.2) is 79.8 Å². The lowest BCUT2D eigenvalue weighted by Crippen LogP contribution is -2.52. The summed E-state index contributed by atoms with van der Waals surface area (Å²) in [7, 11) is 2.76. The minimum atomic E-state index is -4.46. The van der Waals surface area contributed by atoms with Crippen LogP contribution in [0.1, 0.15) is 32.8 Å². The Labute approximate surface area is 277 Å². The summed E-state index contributed by atoms with van der Waals surface area (Å²) in [6.07, 6.45) is 0.282. The predicted octanol–water partition coefficient (Wildman–Crippen LogP) is 4.50. The minimum Gasteiger partial charge on any atom is -0.497 e. The number of methoxy groups -OCH3 is 5. The number of sulfonamides is 1. The lowest BCUT2D eigenvalue weighted by atomic mass is 10.1. The molecule has 0 radical (unpaired) electrons. The predicted molar refractivity (Wildman–Crippen MR) is 179 cm³/mol. The van der Waals surface area contributed by atoms with E-state index in [0.717, 1.165) is 4.31 Å². The number of carbonyl (C=O) groups is 2. The number of nitrogens with zero attached hydrogens (tertiary/aromatic N) is 2. The van der Waals surface area contributed by atoms with Gasteiger partial charge in [-0.2, -0.15) is 0 Å². The van der Waals surface area contributed by atoms with Crippen LogP contribution >= 0.6 is 0 Å². The second kappa shape index (κ2) is 16.8. The van der Waals surface area contributed by atoms with Gasteiger partial charge in [0.2, 0.25) is 11.8 Å². The molecule has 3 aromatic rings. The topological polar surface area (TPSA) is 133 Å². The van der Waals surface area contributed by atoms with Crippen LogP contribution in [-0.2, 0) is 26.2 Å². The molecule has 3 rings (SSSR count). The number of carbonyl (C=O) groups excluding carboxylic acids is 2. The summed E-state index contributed by atoms with van der Waals surface area (Å²) in [5.41, 5.74) is 0.759. The Hall–Kier alpha value is -4.65. The number of ether oxygens (including phenoxy) is 5. The van der Waals surface area contributed by atoms with Gasteiger partial charge in [0.15, 0.2) is 11.5 Å². The van der Waals surface area contributed by atoms with Gasteiger partial charge in [-0.1, -0.05) is 32.9 Å². The van der Waals surface area contributed by atoms with Crippen LogP contribution in [0.2, 0.25) is 0 Å². The third kappa shape index (κ3) is 9.00.